The fraction of sp³-hybridized carbons (Fsp3) is 0.188. The van der Waals surface area contributed by atoms with Gasteiger partial charge in [0.25, 0.3) is 5.91 Å². The number of rotatable bonds is 6. The maximum Gasteiger partial charge on any atom is 0.252 e. The van der Waals surface area contributed by atoms with Gasteiger partial charge in [-0.05, 0) is 31.2 Å². The second-order valence-electron chi connectivity index (χ2n) is 4.78. The summed E-state index contributed by atoms with van der Waals surface area (Å²) < 4.78 is 10.3. The molecule has 0 aliphatic carbocycles. The van der Waals surface area contributed by atoms with E-state index in [0.29, 0.717) is 35.3 Å². The third-order valence-corrected chi connectivity index (χ3v) is 4.11. The predicted octanol–water partition coefficient (Wildman–Crippen LogP) is 3.19. The molecule has 0 unspecified atom stereocenters. The molecule has 7 heteroatoms. The average molecular weight is 329 g/mol. The number of carbonyl (C=O) groups excluding carboxylic acids is 1. The Morgan fingerprint density at radius 3 is 2.87 bits per heavy atom. The number of nitrogens with one attached hydrogen (secondary N) is 1. The van der Waals surface area contributed by atoms with Gasteiger partial charge in [0.05, 0.1) is 24.1 Å². The Hall–Kier alpha value is -2.54. The molecule has 0 spiro atoms. The molecule has 1 aromatic carbocycles. The quantitative estimate of drug-likeness (QED) is 0.700. The lowest BCUT2D eigenvalue weighted by atomic mass is 10.2. The van der Waals surface area contributed by atoms with Gasteiger partial charge in [0.1, 0.15) is 5.76 Å². The van der Waals surface area contributed by atoms with Crippen LogP contribution >= 0.6 is 11.8 Å². The first-order chi connectivity index (χ1) is 11.2. The van der Waals surface area contributed by atoms with Gasteiger partial charge in [-0.15, -0.1) is 11.8 Å². The summed E-state index contributed by atoms with van der Waals surface area (Å²) in [7, 11) is 0. The Kier molecular flexibility index (Phi) is 4.77. The third-order valence-electron chi connectivity index (χ3n) is 3.06. The van der Waals surface area contributed by atoms with Gasteiger partial charge in [-0.1, -0.05) is 17.3 Å². The second kappa shape index (κ2) is 7.15. The summed E-state index contributed by atoms with van der Waals surface area (Å²) in [6.07, 6.45) is 1.58. The number of thioether (sulfide) groups is 1. The van der Waals surface area contributed by atoms with E-state index in [1.807, 2.05) is 24.3 Å². The lowest BCUT2D eigenvalue weighted by Crippen LogP contribution is -2.23. The SMILES string of the molecule is Cc1noc(CSc2ccccc2C(=O)NCc2ccco2)n1. The monoisotopic (exact) mass is 329 g/mol. The second-order valence-corrected chi connectivity index (χ2v) is 5.80. The number of amides is 1. The molecule has 0 aliphatic heterocycles. The van der Waals surface area contributed by atoms with Crippen LogP contribution in [0.2, 0.25) is 0 Å². The fourth-order valence-corrected chi connectivity index (χ4v) is 2.88. The summed E-state index contributed by atoms with van der Waals surface area (Å²) in [4.78, 5) is 17.4. The van der Waals surface area contributed by atoms with Crippen LogP contribution in [0.25, 0.3) is 0 Å². The zero-order chi connectivity index (χ0) is 16.1. The first-order valence-electron chi connectivity index (χ1n) is 7.04. The Morgan fingerprint density at radius 1 is 1.26 bits per heavy atom. The number of benzene rings is 1. The Morgan fingerprint density at radius 2 is 2.13 bits per heavy atom. The molecule has 6 nitrogen and oxygen atoms in total. The van der Waals surface area contributed by atoms with E-state index in [-0.39, 0.29) is 5.91 Å². The highest BCUT2D eigenvalue weighted by molar-refractivity contribution is 7.98. The smallest absolute Gasteiger partial charge is 0.252 e. The normalized spacial score (nSPS) is 10.7. The number of carbonyl (C=O) groups is 1. The van der Waals surface area contributed by atoms with Gasteiger partial charge in [0.2, 0.25) is 5.89 Å². The number of hydrogen-bond acceptors (Lipinski definition) is 6. The zero-order valence-electron chi connectivity index (χ0n) is 12.5. The first kappa shape index (κ1) is 15.4. The van der Waals surface area contributed by atoms with Gasteiger partial charge in [0.15, 0.2) is 5.82 Å². The van der Waals surface area contributed by atoms with Crippen LogP contribution in [-0.2, 0) is 12.3 Å². The van der Waals surface area contributed by atoms with Crippen molar-refractivity contribution in [3.05, 3.63) is 65.7 Å². The van der Waals surface area contributed by atoms with E-state index >= 15 is 0 Å². The third kappa shape index (κ3) is 4.01. The highest BCUT2D eigenvalue weighted by Gasteiger charge is 2.13. The molecule has 3 aromatic rings. The minimum absolute atomic E-state index is 0.147. The van der Waals surface area contributed by atoms with Crippen LogP contribution in [0.4, 0.5) is 0 Å². The number of hydrogen-bond donors (Lipinski definition) is 1. The molecular formula is C16H15N3O3S. The predicted molar refractivity (Wildman–Crippen MR) is 84.9 cm³/mol. The lowest BCUT2D eigenvalue weighted by molar-refractivity contribution is 0.0945. The van der Waals surface area contributed by atoms with E-state index in [2.05, 4.69) is 15.5 Å². The van der Waals surface area contributed by atoms with Gasteiger partial charge in [0, 0.05) is 4.90 Å². The molecule has 0 bridgehead atoms. The molecule has 1 amide bonds. The lowest BCUT2D eigenvalue weighted by Gasteiger charge is -2.08. The van der Waals surface area contributed by atoms with Crippen molar-refractivity contribution in [3.63, 3.8) is 0 Å². The van der Waals surface area contributed by atoms with E-state index in [1.54, 1.807) is 25.3 Å². The van der Waals surface area contributed by atoms with Gasteiger partial charge >= 0.3 is 0 Å². The van der Waals surface area contributed by atoms with Crippen molar-refractivity contribution in [1.82, 2.24) is 15.5 Å². The summed E-state index contributed by atoms with van der Waals surface area (Å²) in [6.45, 7) is 2.13. The van der Waals surface area contributed by atoms with Crippen LogP contribution in [0.5, 0.6) is 0 Å². The largest absolute Gasteiger partial charge is 0.467 e. The molecule has 118 valence electrons. The fourth-order valence-electron chi connectivity index (χ4n) is 1.99. The highest BCUT2D eigenvalue weighted by atomic mass is 32.2. The number of furan rings is 1. The van der Waals surface area contributed by atoms with Gasteiger partial charge in [-0.2, -0.15) is 4.98 Å². The van der Waals surface area contributed by atoms with Crippen molar-refractivity contribution >= 4 is 17.7 Å². The molecule has 2 aromatic heterocycles. The summed E-state index contributed by atoms with van der Waals surface area (Å²) >= 11 is 1.48. The van der Waals surface area contributed by atoms with Crippen LogP contribution in [0.3, 0.4) is 0 Å². The van der Waals surface area contributed by atoms with Crippen LogP contribution < -0.4 is 5.32 Å². The first-order valence-corrected chi connectivity index (χ1v) is 8.02. The molecule has 3 rings (SSSR count). The Balaban J connectivity index is 1.65. The van der Waals surface area contributed by atoms with Crippen LogP contribution in [-0.4, -0.2) is 16.0 Å². The molecule has 0 fully saturated rings. The van der Waals surface area contributed by atoms with Crippen molar-refractivity contribution in [2.45, 2.75) is 24.1 Å². The summed E-state index contributed by atoms with van der Waals surface area (Å²) in [6, 6.07) is 11.0. The van der Waals surface area contributed by atoms with Crippen molar-refractivity contribution in [2.75, 3.05) is 0 Å². The maximum atomic E-state index is 12.4. The topological polar surface area (TPSA) is 81.2 Å². The van der Waals surface area contributed by atoms with E-state index in [4.69, 9.17) is 8.94 Å². The Labute approximate surface area is 137 Å². The van der Waals surface area contributed by atoms with Crippen LogP contribution in [0, 0.1) is 6.92 Å². The standard InChI is InChI=1S/C16H15N3O3S/c1-11-18-15(22-19-11)10-23-14-7-3-2-6-13(14)16(20)17-9-12-5-4-8-21-12/h2-8H,9-10H2,1H3,(H,17,20). The molecule has 1 N–H and O–H groups in total. The summed E-state index contributed by atoms with van der Waals surface area (Å²) in [5, 5.41) is 6.60. The molecular weight excluding hydrogens is 314 g/mol. The molecule has 0 saturated heterocycles. The van der Waals surface area contributed by atoms with Crippen molar-refractivity contribution in [3.8, 4) is 0 Å². The van der Waals surface area contributed by atoms with Crippen molar-refractivity contribution < 1.29 is 13.7 Å². The minimum atomic E-state index is -0.147. The Bertz CT molecular complexity index is 783. The molecule has 0 radical (unpaired) electrons. The number of nitrogens with zero attached hydrogens (tertiary/aromatic N) is 2. The van der Waals surface area contributed by atoms with Crippen LogP contribution in [0.1, 0.15) is 27.8 Å². The van der Waals surface area contributed by atoms with E-state index in [0.717, 1.165) is 4.90 Å². The van der Waals surface area contributed by atoms with Crippen LogP contribution in [0.15, 0.2) is 56.5 Å². The average Bonchev–Trinajstić information content (AvgIpc) is 3.22. The molecule has 0 aliphatic rings. The maximum absolute atomic E-state index is 12.4. The summed E-state index contributed by atoms with van der Waals surface area (Å²) in [5.41, 5.74) is 0.611. The van der Waals surface area contributed by atoms with E-state index < -0.39 is 0 Å². The summed E-state index contributed by atoms with van der Waals surface area (Å²) in [5.74, 6) is 2.22. The highest BCUT2D eigenvalue weighted by Crippen LogP contribution is 2.25. The molecule has 0 atom stereocenters. The van der Waals surface area contributed by atoms with Gasteiger partial charge in [-0.25, -0.2) is 0 Å². The minimum Gasteiger partial charge on any atom is -0.467 e. The van der Waals surface area contributed by atoms with E-state index in [9.17, 15) is 4.79 Å². The van der Waals surface area contributed by atoms with Gasteiger partial charge < -0.3 is 14.3 Å². The molecule has 23 heavy (non-hydrogen) atoms. The van der Waals surface area contributed by atoms with E-state index in [1.165, 1.54) is 11.8 Å². The number of aryl methyl sites for hydroxylation is 1. The zero-order valence-corrected chi connectivity index (χ0v) is 13.3. The number of aromatic nitrogens is 2. The molecule has 2 heterocycles. The van der Waals surface area contributed by atoms with Crippen molar-refractivity contribution in [1.29, 1.82) is 0 Å². The van der Waals surface area contributed by atoms with Crippen molar-refractivity contribution in [2.24, 2.45) is 0 Å². The molecule has 0 saturated carbocycles. The van der Waals surface area contributed by atoms with Gasteiger partial charge in [-0.3, -0.25) is 4.79 Å².